The van der Waals surface area contributed by atoms with Gasteiger partial charge in [0.15, 0.2) is 0 Å². The van der Waals surface area contributed by atoms with Crippen LogP contribution in [0.2, 0.25) is 0 Å². The number of methoxy groups -OCH3 is 1. The lowest BCUT2D eigenvalue weighted by atomic mass is 10.0. The number of benzene rings is 3. The number of hydrogen-bond acceptors (Lipinski definition) is 3. The van der Waals surface area contributed by atoms with Crippen LogP contribution in [0, 0.1) is 5.82 Å². The average molecular weight is 404 g/mol. The Labute approximate surface area is 175 Å². The van der Waals surface area contributed by atoms with Crippen LogP contribution in [-0.2, 0) is 0 Å². The van der Waals surface area contributed by atoms with Crippen molar-refractivity contribution in [1.82, 2.24) is 9.88 Å². The second-order valence-electron chi connectivity index (χ2n) is 7.29. The molecule has 0 aliphatic rings. The van der Waals surface area contributed by atoms with Gasteiger partial charge in [-0.15, -0.1) is 0 Å². The second-order valence-corrected chi connectivity index (χ2v) is 7.29. The average Bonchev–Trinajstić information content (AvgIpc) is 3.13. The highest BCUT2D eigenvalue weighted by Gasteiger charge is 2.26. The summed E-state index contributed by atoms with van der Waals surface area (Å²) in [6.45, 7) is 0.373. The third-order valence-electron chi connectivity index (χ3n) is 5.41. The molecule has 0 fully saturated rings. The molecule has 4 aromatic rings. The molecule has 0 spiro atoms. The Balaban J connectivity index is 1.96. The van der Waals surface area contributed by atoms with Crippen molar-refractivity contribution in [3.05, 3.63) is 90.4 Å². The molecule has 3 aromatic carbocycles. The highest BCUT2D eigenvalue weighted by molar-refractivity contribution is 5.97. The Bertz CT molecular complexity index is 1150. The molecule has 4 rings (SSSR count). The Kier molecular flexibility index (Phi) is 5.84. The zero-order valence-corrected chi connectivity index (χ0v) is 17.0. The number of rotatable bonds is 7. The lowest BCUT2D eigenvalue weighted by Gasteiger charge is -2.26. The monoisotopic (exact) mass is 404 g/mol. The van der Waals surface area contributed by atoms with Gasteiger partial charge in [0.2, 0.25) is 0 Å². The van der Waals surface area contributed by atoms with Crippen molar-refractivity contribution in [2.45, 2.75) is 12.1 Å². The van der Waals surface area contributed by atoms with Gasteiger partial charge in [0.05, 0.1) is 19.3 Å². The van der Waals surface area contributed by atoms with Crippen molar-refractivity contribution in [3.8, 4) is 16.9 Å². The van der Waals surface area contributed by atoms with Gasteiger partial charge in [0, 0.05) is 34.8 Å². The number of aromatic nitrogens is 1. The highest BCUT2D eigenvalue weighted by Crippen LogP contribution is 2.39. The molecule has 2 unspecified atom stereocenters. The SMILES string of the molecule is CNCC(O)C(c1cccc(F)c1)n1cc(-c2ccccc2OC)c2ccccc21. The molecule has 1 aromatic heterocycles. The number of fused-ring (bicyclic) bond motifs is 1. The first-order valence-electron chi connectivity index (χ1n) is 9.95. The fourth-order valence-electron chi connectivity index (χ4n) is 4.10. The largest absolute Gasteiger partial charge is 0.496 e. The molecular weight excluding hydrogens is 379 g/mol. The molecular formula is C25H25FN2O2. The van der Waals surface area contributed by atoms with Crippen LogP contribution < -0.4 is 10.1 Å². The molecule has 0 saturated carbocycles. The first-order chi connectivity index (χ1) is 14.6. The number of nitrogens with zero attached hydrogens (tertiary/aromatic N) is 1. The maximum atomic E-state index is 14.1. The van der Waals surface area contributed by atoms with Crippen LogP contribution >= 0.6 is 0 Å². The van der Waals surface area contributed by atoms with Crippen LogP contribution in [0.1, 0.15) is 11.6 Å². The summed E-state index contributed by atoms with van der Waals surface area (Å²) in [5.74, 6) is 0.453. The van der Waals surface area contributed by atoms with E-state index in [1.165, 1.54) is 12.1 Å². The number of para-hydroxylation sites is 2. The van der Waals surface area contributed by atoms with E-state index in [9.17, 15) is 9.50 Å². The number of likely N-dealkylation sites (N-methyl/N-ethyl adjacent to an activating group) is 1. The predicted molar refractivity (Wildman–Crippen MR) is 118 cm³/mol. The molecule has 30 heavy (non-hydrogen) atoms. The summed E-state index contributed by atoms with van der Waals surface area (Å²) in [6, 6.07) is 21.9. The molecule has 0 radical (unpaired) electrons. The van der Waals surface area contributed by atoms with Gasteiger partial charge in [-0.25, -0.2) is 4.39 Å². The Hall–Kier alpha value is -3.15. The smallest absolute Gasteiger partial charge is 0.126 e. The predicted octanol–water partition coefficient (Wildman–Crippen LogP) is 4.63. The third-order valence-corrected chi connectivity index (χ3v) is 5.41. The van der Waals surface area contributed by atoms with Gasteiger partial charge in [-0.05, 0) is 36.9 Å². The van der Waals surface area contributed by atoms with Crippen LogP contribution in [-0.4, -0.2) is 36.5 Å². The van der Waals surface area contributed by atoms with Crippen LogP contribution in [0.15, 0.2) is 79.0 Å². The van der Waals surface area contributed by atoms with E-state index in [0.717, 1.165) is 27.8 Å². The zero-order chi connectivity index (χ0) is 21.1. The lowest BCUT2D eigenvalue weighted by molar-refractivity contribution is 0.132. The number of aliphatic hydroxyl groups is 1. The molecule has 0 bridgehead atoms. The quantitative estimate of drug-likeness (QED) is 0.472. The van der Waals surface area contributed by atoms with Gasteiger partial charge in [-0.1, -0.05) is 48.5 Å². The van der Waals surface area contributed by atoms with Gasteiger partial charge in [-0.2, -0.15) is 0 Å². The minimum Gasteiger partial charge on any atom is -0.496 e. The molecule has 5 heteroatoms. The van der Waals surface area contributed by atoms with Crippen molar-refractivity contribution < 1.29 is 14.2 Å². The number of nitrogens with one attached hydrogen (secondary N) is 1. The molecule has 0 aliphatic carbocycles. The number of ether oxygens (including phenoxy) is 1. The topological polar surface area (TPSA) is 46.4 Å². The molecule has 2 atom stereocenters. The van der Waals surface area contributed by atoms with E-state index < -0.39 is 12.1 Å². The molecule has 0 saturated heterocycles. The maximum absolute atomic E-state index is 14.1. The van der Waals surface area contributed by atoms with E-state index in [4.69, 9.17) is 4.74 Å². The van der Waals surface area contributed by atoms with Crippen molar-refractivity contribution in [1.29, 1.82) is 0 Å². The van der Waals surface area contributed by atoms with Gasteiger partial charge < -0.3 is 19.7 Å². The summed E-state index contributed by atoms with van der Waals surface area (Å²) in [5.41, 5.74) is 3.64. The molecule has 1 heterocycles. The normalized spacial score (nSPS) is 13.3. The van der Waals surface area contributed by atoms with Gasteiger partial charge in [0.25, 0.3) is 0 Å². The fraction of sp³-hybridized carbons (Fsp3) is 0.200. The van der Waals surface area contributed by atoms with Crippen molar-refractivity contribution in [2.24, 2.45) is 0 Å². The Morgan fingerprint density at radius 1 is 1.00 bits per heavy atom. The number of hydrogen-bond donors (Lipinski definition) is 2. The first kappa shape index (κ1) is 20.1. The summed E-state index contributed by atoms with van der Waals surface area (Å²) < 4.78 is 21.7. The van der Waals surface area contributed by atoms with Crippen LogP contribution in [0.25, 0.3) is 22.0 Å². The van der Waals surface area contributed by atoms with Gasteiger partial charge in [-0.3, -0.25) is 0 Å². The first-order valence-corrected chi connectivity index (χ1v) is 9.95. The second kappa shape index (κ2) is 8.69. The van der Waals surface area contributed by atoms with Gasteiger partial charge in [0.1, 0.15) is 11.6 Å². The molecule has 0 aliphatic heterocycles. The summed E-state index contributed by atoms with van der Waals surface area (Å²) in [5, 5.41) is 15.1. The minimum atomic E-state index is -0.752. The van der Waals surface area contributed by atoms with Crippen molar-refractivity contribution in [2.75, 3.05) is 20.7 Å². The van der Waals surface area contributed by atoms with E-state index in [1.54, 1.807) is 20.2 Å². The minimum absolute atomic E-state index is 0.324. The third kappa shape index (κ3) is 3.70. The lowest BCUT2D eigenvalue weighted by Crippen LogP contribution is -2.33. The Morgan fingerprint density at radius 2 is 1.77 bits per heavy atom. The van der Waals surface area contributed by atoms with E-state index in [-0.39, 0.29) is 5.82 Å². The number of halogens is 1. The maximum Gasteiger partial charge on any atom is 0.126 e. The van der Waals surface area contributed by atoms with E-state index in [0.29, 0.717) is 12.1 Å². The van der Waals surface area contributed by atoms with E-state index >= 15 is 0 Å². The highest BCUT2D eigenvalue weighted by atomic mass is 19.1. The van der Waals surface area contributed by atoms with Crippen molar-refractivity contribution in [3.63, 3.8) is 0 Å². The summed E-state index contributed by atoms with van der Waals surface area (Å²) >= 11 is 0. The fourth-order valence-corrected chi connectivity index (χ4v) is 4.10. The standard InChI is InChI=1S/C25H25FN2O2/c1-27-15-23(29)25(17-8-7-9-18(26)14-17)28-16-21(19-10-3-5-12-22(19)28)20-11-4-6-13-24(20)30-2/h3-14,16,23,25,27,29H,15H2,1-2H3. The summed E-state index contributed by atoms with van der Waals surface area (Å²) in [6.07, 6.45) is 1.27. The summed E-state index contributed by atoms with van der Waals surface area (Å²) in [7, 11) is 3.45. The zero-order valence-electron chi connectivity index (χ0n) is 17.0. The van der Waals surface area contributed by atoms with E-state index in [1.807, 2.05) is 59.3 Å². The molecule has 2 N–H and O–H groups in total. The van der Waals surface area contributed by atoms with Gasteiger partial charge >= 0.3 is 0 Å². The summed E-state index contributed by atoms with van der Waals surface area (Å²) in [4.78, 5) is 0. The Morgan fingerprint density at radius 3 is 2.53 bits per heavy atom. The molecule has 4 nitrogen and oxygen atoms in total. The van der Waals surface area contributed by atoms with Crippen LogP contribution in [0.5, 0.6) is 5.75 Å². The molecule has 0 amide bonds. The number of aliphatic hydroxyl groups excluding tert-OH is 1. The van der Waals surface area contributed by atoms with Crippen molar-refractivity contribution >= 4 is 10.9 Å². The van der Waals surface area contributed by atoms with Crippen LogP contribution in [0.4, 0.5) is 4.39 Å². The van der Waals surface area contributed by atoms with Crippen LogP contribution in [0.3, 0.4) is 0 Å². The molecule has 154 valence electrons. The van der Waals surface area contributed by atoms with E-state index in [2.05, 4.69) is 11.4 Å².